The molecule has 0 atom stereocenters. The van der Waals surface area contributed by atoms with Gasteiger partial charge in [0.25, 0.3) is 5.56 Å². The number of aromatic amines is 1. The van der Waals surface area contributed by atoms with Crippen molar-refractivity contribution in [3.05, 3.63) is 70.0 Å². The minimum absolute atomic E-state index is 0.295. The van der Waals surface area contributed by atoms with Gasteiger partial charge in [-0.05, 0) is 55.0 Å². The van der Waals surface area contributed by atoms with Gasteiger partial charge >= 0.3 is 0 Å². The van der Waals surface area contributed by atoms with Crippen LogP contribution >= 0.6 is 0 Å². The standard InChI is InChI=1S/C19H15FN4O2/c1-11-22-17-15-9-13(20)5-8-16(15)23-18(17)19(25)24(11)21-10-12-3-6-14(26-2)7-4-12/h3-10,23H,1-2H3/b21-10+. The van der Waals surface area contributed by atoms with E-state index in [9.17, 15) is 9.18 Å². The summed E-state index contributed by atoms with van der Waals surface area (Å²) in [4.78, 5) is 20.2. The van der Waals surface area contributed by atoms with Crippen LogP contribution in [0.1, 0.15) is 11.4 Å². The van der Waals surface area contributed by atoms with E-state index in [0.717, 1.165) is 11.3 Å². The number of methoxy groups -OCH3 is 1. The second kappa shape index (κ2) is 6.11. The number of aryl methyl sites for hydroxylation is 1. The molecule has 130 valence electrons. The third-order valence-electron chi connectivity index (χ3n) is 4.16. The highest BCUT2D eigenvalue weighted by atomic mass is 19.1. The van der Waals surface area contributed by atoms with Crippen molar-refractivity contribution >= 4 is 28.2 Å². The maximum atomic E-state index is 13.5. The predicted molar refractivity (Wildman–Crippen MR) is 98.5 cm³/mol. The third-order valence-corrected chi connectivity index (χ3v) is 4.16. The lowest BCUT2D eigenvalue weighted by Crippen LogP contribution is -2.20. The first-order valence-corrected chi connectivity index (χ1v) is 7.96. The summed E-state index contributed by atoms with van der Waals surface area (Å²) in [6.07, 6.45) is 1.57. The van der Waals surface area contributed by atoms with Gasteiger partial charge in [-0.1, -0.05) is 0 Å². The van der Waals surface area contributed by atoms with Crippen LogP contribution in [0.4, 0.5) is 4.39 Å². The first-order valence-electron chi connectivity index (χ1n) is 7.96. The van der Waals surface area contributed by atoms with E-state index in [4.69, 9.17) is 4.74 Å². The zero-order valence-electron chi connectivity index (χ0n) is 14.2. The molecule has 0 unspecified atom stereocenters. The average Bonchev–Trinajstić information content (AvgIpc) is 3.00. The Kier molecular flexibility index (Phi) is 3.76. The van der Waals surface area contributed by atoms with Gasteiger partial charge in [0.2, 0.25) is 0 Å². The molecular weight excluding hydrogens is 335 g/mol. The van der Waals surface area contributed by atoms with E-state index in [1.807, 2.05) is 24.3 Å². The zero-order valence-corrected chi connectivity index (χ0v) is 14.2. The number of hydrogen-bond donors (Lipinski definition) is 1. The fourth-order valence-electron chi connectivity index (χ4n) is 2.83. The number of fused-ring (bicyclic) bond motifs is 3. The van der Waals surface area contributed by atoms with Gasteiger partial charge in [-0.15, -0.1) is 0 Å². The molecule has 2 aromatic carbocycles. The number of nitrogens with one attached hydrogen (secondary N) is 1. The van der Waals surface area contributed by atoms with E-state index >= 15 is 0 Å². The Labute approximate surface area is 147 Å². The van der Waals surface area contributed by atoms with Crippen molar-refractivity contribution in [3.63, 3.8) is 0 Å². The largest absolute Gasteiger partial charge is 0.497 e. The molecule has 4 rings (SSSR count). The molecule has 0 saturated carbocycles. The van der Waals surface area contributed by atoms with Crippen molar-refractivity contribution in [1.82, 2.24) is 14.6 Å². The second-order valence-corrected chi connectivity index (χ2v) is 5.83. The Hall–Kier alpha value is -3.48. The normalized spacial score (nSPS) is 11.7. The fraction of sp³-hybridized carbons (Fsp3) is 0.105. The van der Waals surface area contributed by atoms with Crippen molar-refractivity contribution in [2.75, 3.05) is 7.11 Å². The van der Waals surface area contributed by atoms with Crippen LogP contribution in [-0.4, -0.2) is 28.0 Å². The Balaban J connectivity index is 1.83. The van der Waals surface area contributed by atoms with Crippen molar-refractivity contribution in [2.45, 2.75) is 6.92 Å². The predicted octanol–water partition coefficient (Wildman–Crippen LogP) is 3.22. The Morgan fingerprint density at radius 3 is 2.73 bits per heavy atom. The van der Waals surface area contributed by atoms with E-state index in [1.54, 1.807) is 26.3 Å². The first kappa shape index (κ1) is 16.0. The SMILES string of the molecule is COc1ccc(/C=N/n2c(C)nc3c([nH]c4ccc(F)cc43)c2=O)cc1. The number of rotatable bonds is 3. The fourth-order valence-corrected chi connectivity index (χ4v) is 2.83. The number of benzene rings is 2. The number of halogens is 1. The highest BCUT2D eigenvalue weighted by Crippen LogP contribution is 2.22. The van der Waals surface area contributed by atoms with Gasteiger partial charge in [-0.25, -0.2) is 9.37 Å². The van der Waals surface area contributed by atoms with E-state index in [2.05, 4.69) is 15.1 Å². The van der Waals surface area contributed by atoms with E-state index in [0.29, 0.717) is 27.8 Å². The zero-order chi connectivity index (χ0) is 18.3. The maximum Gasteiger partial charge on any atom is 0.298 e. The van der Waals surface area contributed by atoms with Gasteiger partial charge in [0.05, 0.1) is 13.3 Å². The lowest BCUT2D eigenvalue weighted by molar-refractivity contribution is 0.415. The quantitative estimate of drug-likeness (QED) is 0.577. The van der Waals surface area contributed by atoms with Crippen LogP contribution in [0.25, 0.3) is 21.9 Å². The van der Waals surface area contributed by atoms with E-state index in [-0.39, 0.29) is 11.4 Å². The van der Waals surface area contributed by atoms with Gasteiger partial charge in [-0.2, -0.15) is 9.78 Å². The maximum absolute atomic E-state index is 13.5. The lowest BCUT2D eigenvalue weighted by Gasteiger charge is -2.03. The summed E-state index contributed by atoms with van der Waals surface area (Å²) in [7, 11) is 1.60. The average molecular weight is 350 g/mol. The molecule has 0 spiro atoms. The number of nitrogens with zero attached hydrogens (tertiary/aromatic N) is 3. The first-order chi connectivity index (χ1) is 12.6. The van der Waals surface area contributed by atoms with E-state index in [1.165, 1.54) is 16.8 Å². The highest BCUT2D eigenvalue weighted by Gasteiger charge is 2.13. The van der Waals surface area contributed by atoms with Crippen LogP contribution in [0.15, 0.2) is 52.4 Å². The van der Waals surface area contributed by atoms with Crippen molar-refractivity contribution < 1.29 is 9.13 Å². The molecule has 2 aromatic heterocycles. The molecule has 2 heterocycles. The number of aromatic nitrogens is 3. The van der Waals surface area contributed by atoms with Crippen LogP contribution in [0.3, 0.4) is 0 Å². The molecule has 6 nitrogen and oxygen atoms in total. The molecule has 0 saturated heterocycles. The number of hydrogen-bond acceptors (Lipinski definition) is 4. The minimum Gasteiger partial charge on any atom is -0.497 e. The van der Waals surface area contributed by atoms with Gasteiger partial charge in [0, 0.05) is 10.9 Å². The van der Waals surface area contributed by atoms with Crippen LogP contribution in [0.5, 0.6) is 5.75 Å². The molecule has 0 amide bonds. The van der Waals surface area contributed by atoms with Gasteiger partial charge in [0.1, 0.15) is 28.4 Å². The molecular formula is C19H15FN4O2. The molecule has 7 heteroatoms. The minimum atomic E-state index is -0.375. The molecule has 26 heavy (non-hydrogen) atoms. The molecule has 0 radical (unpaired) electrons. The molecule has 0 aliphatic heterocycles. The summed E-state index contributed by atoms with van der Waals surface area (Å²) in [6, 6.07) is 11.6. The topological polar surface area (TPSA) is 72.3 Å². The molecule has 4 aromatic rings. The number of ether oxygens (including phenoxy) is 1. The van der Waals surface area contributed by atoms with Crippen LogP contribution in [0, 0.1) is 12.7 Å². The smallest absolute Gasteiger partial charge is 0.298 e. The summed E-state index contributed by atoms with van der Waals surface area (Å²) in [5.74, 6) is 0.779. The lowest BCUT2D eigenvalue weighted by atomic mass is 10.2. The van der Waals surface area contributed by atoms with Crippen LogP contribution in [0.2, 0.25) is 0 Å². The van der Waals surface area contributed by atoms with Gasteiger partial charge in [0.15, 0.2) is 0 Å². The molecule has 0 aliphatic carbocycles. The van der Waals surface area contributed by atoms with Crippen LogP contribution < -0.4 is 10.3 Å². The molecule has 0 bridgehead atoms. The van der Waals surface area contributed by atoms with Gasteiger partial charge < -0.3 is 9.72 Å². The Bertz CT molecular complexity index is 1210. The van der Waals surface area contributed by atoms with Crippen molar-refractivity contribution in [1.29, 1.82) is 0 Å². The summed E-state index contributed by atoms with van der Waals surface area (Å²) in [5, 5.41) is 4.83. The van der Waals surface area contributed by atoms with Crippen molar-refractivity contribution in [3.8, 4) is 5.75 Å². The number of H-pyrrole nitrogens is 1. The Morgan fingerprint density at radius 2 is 2.00 bits per heavy atom. The monoisotopic (exact) mass is 350 g/mol. The summed E-state index contributed by atoms with van der Waals surface area (Å²) < 4.78 is 19.9. The highest BCUT2D eigenvalue weighted by molar-refractivity contribution is 6.04. The molecule has 1 N–H and O–H groups in total. The summed E-state index contributed by atoms with van der Waals surface area (Å²) in [6.45, 7) is 1.68. The molecule has 0 aliphatic rings. The summed E-state index contributed by atoms with van der Waals surface area (Å²) >= 11 is 0. The van der Waals surface area contributed by atoms with E-state index < -0.39 is 0 Å². The van der Waals surface area contributed by atoms with Crippen molar-refractivity contribution in [2.24, 2.45) is 5.10 Å². The van der Waals surface area contributed by atoms with Gasteiger partial charge in [-0.3, -0.25) is 4.79 Å². The second-order valence-electron chi connectivity index (χ2n) is 5.83. The Morgan fingerprint density at radius 1 is 1.23 bits per heavy atom. The van der Waals surface area contributed by atoms with Crippen LogP contribution in [-0.2, 0) is 0 Å². The molecule has 0 fully saturated rings. The third kappa shape index (κ3) is 2.63. The summed E-state index contributed by atoms with van der Waals surface area (Å²) in [5.41, 5.74) is 1.87.